The van der Waals surface area contributed by atoms with Gasteiger partial charge in [0.2, 0.25) is 5.91 Å². The summed E-state index contributed by atoms with van der Waals surface area (Å²) in [6.07, 6.45) is 5.08. The number of rotatable bonds is 5. The van der Waals surface area contributed by atoms with Crippen LogP contribution in [0.5, 0.6) is 0 Å². The van der Waals surface area contributed by atoms with E-state index in [0.717, 1.165) is 11.4 Å². The molecular formula is C14H14N4OS. The Kier molecular flexibility index (Phi) is 4.80. The number of hydrogen-bond donors (Lipinski definition) is 1. The van der Waals surface area contributed by atoms with Crippen LogP contribution in [0.3, 0.4) is 0 Å². The minimum absolute atomic E-state index is 0.114. The van der Waals surface area contributed by atoms with Gasteiger partial charge in [0.25, 0.3) is 0 Å². The molecule has 102 valence electrons. The SMILES string of the molecule is C#CCNC(=O)CSc1nnc(-c2ccccc2)n1C. The van der Waals surface area contributed by atoms with Crippen LogP contribution in [0.4, 0.5) is 0 Å². The summed E-state index contributed by atoms with van der Waals surface area (Å²) in [5.41, 5.74) is 0.992. The van der Waals surface area contributed by atoms with Gasteiger partial charge in [-0.05, 0) is 0 Å². The first-order valence-electron chi connectivity index (χ1n) is 6.00. The lowest BCUT2D eigenvalue weighted by Crippen LogP contribution is -2.25. The monoisotopic (exact) mass is 286 g/mol. The van der Waals surface area contributed by atoms with Gasteiger partial charge >= 0.3 is 0 Å². The van der Waals surface area contributed by atoms with Crippen molar-refractivity contribution in [3.05, 3.63) is 30.3 Å². The molecule has 1 amide bonds. The Bertz CT molecular complexity index is 630. The van der Waals surface area contributed by atoms with Gasteiger partial charge in [0.1, 0.15) is 0 Å². The van der Waals surface area contributed by atoms with Crippen molar-refractivity contribution < 1.29 is 4.79 Å². The standard InChI is InChI=1S/C14H14N4OS/c1-3-9-15-12(19)10-20-14-17-16-13(18(14)2)11-7-5-4-6-8-11/h1,4-8H,9-10H2,2H3,(H,15,19). The zero-order valence-electron chi connectivity index (χ0n) is 11.0. The highest BCUT2D eigenvalue weighted by Gasteiger charge is 2.12. The van der Waals surface area contributed by atoms with Crippen molar-refractivity contribution in [3.8, 4) is 23.7 Å². The number of carbonyl (C=O) groups excluding carboxylic acids is 1. The van der Waals surface area contributed by atoms with E-state index in [4.69, 9.17) is 6.42 Å². The molecule has 0 saturated heterocycles. The molecule has 2 aromatic rings. The lowest BCUT2D eigenvalue weighted by molar-refractivity contribution is -0.118. The summed E-state index contributed by atoms with van der Waals surface area (Å²) in [6, 6.07) is 9.79. The van der Waals surface area contributed by atoms with Crippen molar-refractivity contribution in [3.63, 3.8) is 0 Å². The summed E-state index contributed by atoms with van der Waals surface area (Å²) in [4.78, 5) is 11.5. The van der Waals surface area contributed by atoms with Crippen LogP contribution in [0.25, 0.3) is 11.4 Å². The largest absolute Gasteiger partial charge is 0.344 e. The minimum Gasteiger partial charge on any atom is -0.344 e. The first-order valence-corrected chi connectivity index (χ1v) is 6.98. The smallest absolute Gasteiger partial charge is 0.231 e. The van der Waals surface area contributed by atoms with Gasteiger partial charge in [0, 0.05) is 12.6 Å². The second-order valence-corrected chi connectivity index (χ2v) is 4.94. The fraction of sp³-hybridized carbons (Fsp3) is 0.214. The second kappa shape index (κ2) is 6.78. The third-order valence-corrected chi connectivity index (χ3v) is 3.61. The Hall–Kier alpha value is -2.26. The third kappa shape index (κ3) is 3.39. The van der Waals surface area contributed by atoms with E-state index in [0.29, 0.717) is 5.16 Å². The van der Waals surface area contributed by atoms with Crippen LogP contribution in [-0.2, 0) is 11.8 Å². The highest BCUT2D eigenvalue weighted by atomic mass is 32.2. The number of terminal acetylenes is 1. The Morgan fingerprint density at radius 2 is 2.15 bits per heavy atom. The van der Waals surface area contributed by atoms with Crippen LogP contribution < -0.4 is 5.32 Å². The van der Waals surface area contributed by atoms with Crippen LogP contribution in [0, 0.1) is 12.3 Å². The molecule has 6 heteroatoms. The number of amides is 1. The summed E-state index contributed by atoms with van der Waals surface area (Å²) >= 11 is 1.33. The van der Waals surface area contributed by atoms with Gasteiger partial charge < -0.3 is 9.88 Å². The molecule has 0 fully saturated rings. The van der Waals surface area contributed by atoms with E-state index < -0.39 is 0 Å². The first kappa shape index (κ1) is 14.2. The second-order valence-electron chi connectivity index (χ2n) is 4.00. The number of nitrogens with one attached hydrogen (secondary N) is 1. The van der Waals surface area contributed by atoms with Crippen LogP contribution in [0.2, 0.25) is 0 Å². The van der Waals surface area contributed by atoms with E-state index in [1.165, 1.54) is 11.8 Å². The zero-order valence-corrected chi connectivity index (χ0v) is 11.9. The highest BCUT2D eigenvalue weighted by Crippen LogP contribution is 2.21. The molecule has 0 bridgehead atoms. The predicted molar refractivity (Wildman–Crippen MR) is 79.0 cm³/mol. The molecule has 0 saturated carbocycles. The first-order chi connectivity index (χ1) is 9.72. The van der Waals surface area contributed by atoms with E-state index in [9.17, 15) is 4.79 Å². The van der Waals surface area contributed by atoms with E-state index in [-0.39, 0.29) is 18.2 Å². The average Bonchev–Trinajstić information content (AvgIpc) is 2.85. The van der Waals surface area contributed by atoms with Crippen LogP contribution in [0.15, 0.2) is 35.5 Å². The summed E-state index contributed by atoms with van der Waals surface area (Å²) in [7, 11) is 1.88. The lowest BCUT2D eigenvalue weighted by Gasteiger charge is -2.03. The fourth-order valence-electron chi connectivity index (χ4n) is 1.61. The third-order valence-electron chi connectivity index (χ3n) is 2.59. The highest BCUT2D eigenvalue weighted by molar-refractivity contribution is 7.99. The number of aromatic nitrogens is 3. The summed E-state index contributed by atoms with van der Waals surface area (Å²) in [5.74, 6) is 3.29. The maximum absolute atomic E-state index is 11.5. The Balaban J connectivity index is 2.03. The van der Waals surface area contributed by atoms with Gasteiger partial charge in [-0.1, -0.05) is 48.0 Å². The molecule has 20 heavy (non-hydrogen) atoms. The van der Waals surface area contributed by atoms with E-state index in [1.54, 1.807) is 0 Å². The van der Waals surface area contributed by atoms with Crippen molar-refractivity contribution in [2.75, 3.05) is 12.3 Å². The minimum atomic E-state index is -0.114. The molecule has 0 aliphatic heterocycles. The van der Waals surface area contributed by atoms with E-state index in [1.807, 2.05) is 41.9 Å². The van der Waals surface area contributed by atoms with Crippen molar-refractivity contribution >= 4 is 17.7 Å². The van der Waals surface area contributed by atoms with Crippen molar-refractivity contribution in [1.82, 2.24) is 20.1 Å². The van der Waals surface area contributed by atoms with E-state index >= 15 is 0 Å². The molecular weight excluding hydrogens is 272 g/mol. The summed E-state index contributed by atoms with van der Waals surface area (Å²) in [5, 5.41) is 11.6. The molecule has 1 N–H and O–H groups in total. The number of nitrogens with zero attached hydrogens (tertiary/aromatic N) is 3. The van der Waals surface area contributed by atoms with Gasteiger partial charge in [0.05, 0.1) is 12.3 Å². The quantitative estimate of drug-likeness (QED) is 0.665. The van der Waals surface area contributed by atoms with Crippen molar-refractivity contribution in [2.24, 2.45) is 7.05 Å². The number of benzene rings is 1. The predicted octanol–water partition coefficient (Wildman–Crippen LogP) is 1.32. The zero-order chi connectivity index (χ0) is 14.4. The molecule has 0 spiro atoms. The van der Waals surface area contributed by atoms with Crippen molar-refractivity contribution in [2.45, 2.75) is 5.16 Å². The van der Waals surface area contributed by atoms with Gasteiger partial charge in [-0.15, -0.1) is 16.6 Å². The summed E-state index contributed by atoms with van der Waals surface area (Å²) in [6.45, 7) is 0.244. The molecule has 0 aliphatic carbocycles. The van der Waals surface area contributed by atoms with E-state index in [2.05, 4.69) is 21.4 Å². The molecule has 5 nitrogen and oxygen atoms in total. The summed E-state index contributed by atoms with van der Waals surface area (Å²) < 4.78 is 1.87. The molecule has 0 atom stereocenters. The van der Waals surface area contributed by atoms with Gasteiger partial charge in [-0.25, -0.2) is 0 Å². The average molecular weight is 286 g/mol. The molecule has 1 heterocycles. The van der Waals surface area contributed by atoms with Gasteiger partial charge in [0.15, 0.2) is 11.0 Å². The van der Waals surface area contributed by atoms with Crippen LogP contribution in [0.1, 0.15) is 0 Å². The van der Waals surface area contributed by atoms with Crippen LogP contribution >= 0.6 is 11.8 Å². The van der Waals surface area contributed by atoms with Crippen LogP contribution in [-0.4, -0.2) is 33.0 Å². The van der Waals surface area contributed by atoms with Gasteiger partial charge in [-0.2, -0.15) is 0 Å². The maximum atomic E-state index is 11.5. The fourth-order valence-corrected chi connectivity index (χ4v) is 2.35. The molecule has 1 aromatic heterocycles. The number of carbonyl (C=O) groups is 1. The Morgan fingerprint density at radius 1 is 1.40 bits per heavy atom. The maximum Gasteiger partial charge on any atom is 0.231 e. The topological polar surface area (TPSA) is 59.8 Å². The molecule has 0 unspecified atom stereocenters. The molecule has 1 aromatic carbocycles. The molecule has 0 radical (unpaired) electrons. The molecule has 2 rings (SSSR count). The van der Waals surface area contributed by atoms with Crippen molar-refractivity contribution in [1.29, 1.82) is 0 Å². The molecule has 0 aliphatic rings. The Labute approximate surface area is 121 Å². The number of hydrogen-bond acceptors (Lipinski definition) is 4. The Morgan fingerprint density at radius 3 is 2.85 bits per heavy atom. The normalized spacial score (nSPS) is 10.0. The van der Waals surface area contributed by atoms with Gasteiger partial charge in [-0.3, -0.25) is 4.79 Å². The lowest BCUT2D eigenvalue weighted by atomic mass is 10.2. The number of thioether (sulfide) groups is 1.